The number of carbonyl (C=O) groups is 3. The molecule has 180 valence electrons. The first-order valence-electron chi connectivity index (χ1n) is 11.2. The predicted molar refractivity (Wildman–Crippen MR) is 131 cm³/mol. The number of carbonyl (C=O) groups excluding carboxylic acids is 3. The van der Waals surface area contributed by atoms with Crippen LogP contribution < -0.4 is 14.4 Å². The number of thioether (sulfide) groups is 1. The van der Waals surface area contributed by atoms with Gasteiger partial charge >= 0.3 is 5.97 Å². The summed E-state index contributed by atoms with van der Waals surface area (Å²) in [6.45, 7) is 4.12. The summed E-state index contributed by atoms with van der Waals surface area (Å²) < 4.78 is 18.5. The van der Waals surface area contributed by atoms with Gasteiger partial charge < -0.3 is 18.8 Å². The van der Waals surface area contributed by atoms with Gasteiger partial charge in [0.05, 0.1) is 11.4 Å². The predicted octanol–water partition coefficient (Wildman–Crippen LogP) is 3.73. The standard InChI is InChI=1S/C26H24N2O6S/c1-16-11-19(17(2)28(16)18-7-8-22-23(12-18)33-10-9-32-22)21(29)14-34-26(31)13-27-20-5-3-4-6-24(20)35-15-25(27)30/h3-8,11-12H,9-10,13-15H2,1-2H3. The first kappa shape index (κ1) is 23.0. The Kier molecular flexibility index (Phi) is 6.25. The summed E-state index contributed by atoms with van der Waals surface area (Å²) in [5.74, 6) is 0.509. The highest BCUT2D eigenvalue weighted by Crippen LogP contribution is 2.35. The van der Waals surface area contributed by atoms with Crippen LogP contribution in [-0.4, -0.2) is 54.3 Å². The average molecular weight is 493 g/mol. The minimum Gasteiger partial charge on any atom is -0.486 e. The summed E-state index contributed by atoms with van der Waals surface area (Å²) in [5.41, 5.74) is 3.60. The summed E-state index contributed by atoms with van der Waals surface area (Å²) in [6, 6.07) is 14.8. The number of Topliss-reactive ketones (excluding diaryl/α,β-unsaturated/α-hetero) is 1. The maximum absolute atomic E-state index is 12.9. The number of para-hydroxylation sites is 1. The largest absolute Gasteiger partial charge is 0.486 e. The van der Waals surface area contributed by atoms with Gasteiger partial charge in [0.2, 0.25) is 11.7 Å². The number of aryl methyl sites for hydroxylation is 1. The molecule has 0 saturated carbocycles. The van der Waals surface area contributed by atoms with E-state index in [1.54, 1.807) is 12.1 Å². The topological polar surface area (TPSA) is 87.1 Å². The zero-order valence-corrected chi connectivity index (χ0v) is 20.2. The lowest BCUT2D eigenvalue weighted by molar-refractivity contribution is -0.141. The van der Waals surface area contributed by atoms with Crippen LogP contribution >= 0.6 is 11.8 Å². The van der Waals surface area contributed by atoms with Crippen molar-refractivity contribution in [2.75, 3.05) is 37.0 Å². The molecule has 1 aromatic heterocycles. The van der Waals surface area contributed by atoms with Gasteiger partial charge in [-0.05, 0) is 44.2 Å². The van der Waals surface area contributed by atoms with E-state index in [2.05, 4.69) is 0 Å². The van der Waals surface area contributed by atoms with Crippen LogP contribution in [0, 0.1) is 13.8 Å². The maximum Gasteiger partial charge on any atom is 0.326 e. The molecule has 0 saturated heterocycles. The molecule has 2 aliphatic heterocycles. The second-order valence-corrected chi connectivity index (χ2v) is 9.29. The number of anilines is 1. The molecule has 2 aliphatic rings. The van der Waals surface area contributed by atoms with Crippen molar-refractivity contribution in [2.24, 2.45) is 0 Å². The van der Waals surface area contributed by atoms with E-state index >= 15 is 0 Å². The molecule has 5 rings (SSSR count). The number of amides is 1. The minimum atomic E-state index is -0.631. The minimum absolute atomic E-state index is 0.167. The fourth-order valence-corrected chi connectivity index (χ4v) is 5.28. The van der Waals surface area contributed by atoms with Crippen molar-refractivity contribution in [3.63, 3.8) is 0 Å². The van der Waals surface area contributed by atoms with Crippen LogP contribution in [0.1, 0.15) is 21.7 Å². The molecule has 1 amide bonds. The van der Waals surface area contributed by atoms with Crippen molar-refractivity contribution in [1.29, 1.82) is 0 Å². The average Bonchev–Trinajstić information content (AvgIpc) is 3.17. The van der Waals surface area contributed by atoms with E-state index in [-0.39, 0.29) is 24.0 Å². The molecule has 0 N–H and O–H groups in total. The number of ether oxygens (including phenoxy) is 3. The fraction of sp³-hybridized carbons (Fsp3) is 0.269. The maximum atomic E-state index is 12.9. The van der Waals surface area contributed by atoms with Gasteiger partial charge in [0, 0.05) is 33.6 Å². The van der Waals surface area contributed by atoms with Crippen LogP contribution in [-0.2, 0) is 14.3 Å². The first-order valence-corrected chi connectivity index (χ1v) is 12.2. The molecule has 0 fully saturated rings. The Bertz CT molecular complexity index is 1330. The lowest BCUT2D eigenvalue weighted by Gasteiger charge is -2.27. The molecule has 0 aliphatic carbocycles. The van der Waals surface area contributed by atoms with Gasteiger partial charge in [-0.2, -0.15) is 0 Å². The molecule has 0 radical (unpaired) electrons. The highest BCUT2D eigenvalue weighted by Gasteiger charge is 2.27. The molecule has 2 aromatic carbocycles. The SMILES string of the molecule is Cc1cc(C(=O)COC(=O)CN2C(=O)CSc3ccccc32)c(C)n1-c1ccc2c(c1)OCCO2. The molecule has 9 heteroatoms. The lowest BCUT2D eigenvalue weighted by atomic mass is 10.1. The molecule has 3 heterocycles. The highest BCUT2D eigenvalue weighted by molar-refractivity contribution is 8.00. The summed E-state index contributed by atoms with van der Waals surface area (Å²) in [4.78, 5) is 40.2. The van der Waals surface area contributed by atoms with Crippen LogP contribution in [0.2, 0.25) is 0 Å². The van der Waals surface area contributed by atoms with E-state index < -0.39 is 12.6 Å². The Labute approximate surface area is 206 Å². The zero-order valence-electron chi connectivity index (χ0n) is 19.4. The Morgan fingerprint density at radius 3 is 2.63 bits per heavy atom. The van der Waals surface area contributed by atoms with Crippen molar-refractivity contribution >= 4 is 35.1 Å². The van der Waals surface area contributed by atoms with Crippen LogP contribution in [0.4, 0.5) is 5.69 Å². The number of esters is 1. The van der Waals surface area contributed by atoms with Gasteiger partial charge in [0.1, 0.15) is 19.8 Å². The molecular weight excluding hydrogens is 468 g/mol. The second-order valence-electron chi connectivity index (χ2n) is 8.27. The Morgan fingerprint density at radius 2 is 1.80 bits per heavy atom. The van der Waals surface area contributed by atoms with E-state index in [9.17, 15) is 14.4 Å². The molecule has 8 nitrogen and oxygen atoms in total. The smallest absolute Gasteiger partial charge is 0.326 e. The number of rotatable bonds is 6. The number of hydrogen-bond donors (Lipinski definition) is 0. The third-order valence-electron chi connectivity index (χ3n) is 5.98. The van der Waals surface area contributed by atoms with Crippen LogP contribution in [0.25, 0.3) is 5.69 Å². The van der Waals surface area contributed by atoms with Gasteiger partial charge in [-0.3, -0.25) is 19.3 Å². The number of aromatic nitrogens is 1. The molecule has 0 spiro atoms. The van der Waals surface area contributed by atoms with E-state index in [0.29, 0.717) is 36.0 Å². The molecule has 35 heavy (non-hydrogen) atoms. The number of ketones is 1. The Hall–Kier alpha value is -3.72. The van der Waals surface area contributed by atoms with Crippen LogP contribution in [0.15, 0.2) is 53.4 Å². The van der Waals surface area contributed by atoms with Crippen molar-refractivity contribution in [1.82, 2.24) is 4.57 Å². The summed E-state index contributed by atoms with van der Waals surface area (Å²) in [7, 11) is 0. The molecule has 0 atom stereocenters. The number of fused-ring (bicyclic) bond motifs is 2. The zero-order chi connectivity index (χ0) is 24.5. The summed E-state index contributed by atoms with van der Waals surface area (Å²) >= 11 is 1.44. The first-order chi connectivity index (χ1) is 16.9. The van der Waals surface area contributed by atoms with Gasteiger partial charge in [-0.25, -0.2) is 0 Å². The van der Waals surface area contributed by atoms with Crippen LogP contribution in [0.5, 0.6) is 11.5 Å². The Balaban J connectivity index is 1.27. The van der Waals surface area contributed by atoms with E-state index in [0.717, 1.165) is 22.0 Å². The monoisotopic (exact) mass is 492 g/mol. The highest BCUT2D eigenvalue weighted by atomic mass is 32.2. The number of hydrogen-bond acceptors (Lipinski definition) is 7. The summed E-state index contributed by atoms with van der Waals surface area (Å²) in [6.07, 6.45) is 0. The molecular formula is C26H24N2O6S. The second kappa shape index (κ2) is 9.50. The van der Waals surface area contributed by atoms with Gasteiger partial charge in [0.25, 0.3) is 0 Å². The quantitative estimate of drug-likeness (QED) is 0.383. The van der Waals surface area contributed by atoms with E-state index in [1.807, 2.05) is 54.8 Å². The number of benzene rings is 2. The van der Waals surface area contributed by atoms with E-state index in [4.69, 9.17) is 14.2 Å². The third kappa shape index (κ3) is 4.51. The number of nitrogens with zero attached hydrogens (tertiary/aromatic N) is 2. The normalized spacial score (nSPS) is 14.5. The third-order valence-corrected chi connectivity index (χ3v) is 7.02. The van der Waals surface area contributed by atoms with Crippen LogP contribution in [0.3, 0.4) is 0 Å². The van der Waals surface area contributed by atoms with Gasteiger partial charge in [-0.1, -0.05) is 12.1 Å². The fourth-order valence-electron chi connectivity index (χ4n) is 4.34. The van der Waals surface area contributed by atoms with Crippen molar-refractivity contribution in [3.05, 3.63) is 65.5 Å². The molecule has 3 aromatic rings. The Morgan fingerprint density at radius 1 is 1.03 bits per heavy atom. The molecule has 0 unspecified atom stereocenters. The van der Waals surface area contributed by atoms with Gasteiger partial charge in [0.15, 0.2) is 18.1 Å². The van der Waals surface area contributed by atoms with Gasteiger partial charge in [-0.15, -0.1) is 11.8 Å². The molecule has 0 bridgehead atoms. The van der Waals surface area contributed by atoms with Crippen molar-refractivity contribution in [3.8, 4) is 17.2 Å². The van der Waals surface area contributed by atoms with Crippen molar-refractivity contribution < 1.29 is 28.6 Å². The van der Waals surface area contributed by atoms with E-state index in [1.165, 1.54) is 16.7 Å². The van der Waals surface area contributed by atoms with Crippen molar-refractivity contribution in [2.45, 2.75) is 18.7 Å². The lowest BCUT2D eigenvalue weighted by Crippen LogP contribution is -2.40. The summed E-state index contributed by atoms with van der Waals surface area (Å²) in [5, 5.41) is 0.